The van der Waals surface area contributed by atoms with E-state index < -0.39 is 15.3 Å². The largest absolute Gasteiger partial charge is 1.00 e. The van der Waals surface area contributed by atoms with Crippen LogP contribution < -0.4 is 71.7 Å². The second kappa shape index (κ2) is 15.3. The molecule has 56 valence electrons. The Balaban J connectivity index is -0.0000000221. The van der Waals surface area contributed by atoms with Gasteiger partial charge in [-0.05, 0) is 0 Å². The van der Waals surface area contributed by atoms with E-state index in [1.807, 2.05) is 0 Å². The van der Waals surface area contributed by atoms with Gasteiger partial charge in [0.15, 0.2) is 0 Å². The van der Waals surface area contributed by atoms with E-state index in [4.69, 9.17) is 24.5 Å². The van der Waals surface area contributed by atoms with Gasteiger partial charge in [-0.1, -0.05) is 0 Å². The molecule has 0 unspecified atom stereocenters. The third kappa shape index (κ3) is 429. The maximum atomic E-state index is 10.1. The molecule has 0 bridgehead atoms. The normalized spacial score (nSPS) is 7.17. The zero-order valence-corrected chi connectivity index (χ0v) is 7.76. The molecule has 0 aromatic carbocycles. The monoisotopic (exact) mass is 182 g/mol. The first-order valence-corrected chi connectivity index (χ1v) is 2.87. The molecule has 0 aliphatic rings. The van der Waals surface area contributed by atoms with Crippen molar-refractivity contribution in [2.45, 2.75) is 0 Å². The smallest absolute Gasteiger partial charge is 0.907 e. The fourth-order valence-corrected chi connectivity index (χ4v) is 0. The molecule has 0 aromatic heterocycles. The molecule has 0 aromatic rings. The summed E-state index contributed by atoms with van der Waals surface area (Å²) in [6.07, 6.45) is 0. The molecule has 0 fully saturated rings. The summed E-state index contributed by atoms with van der Waals surface area (Å²) in [5.74, 6) is 0. The summed E-state index contributed by atoms with van der Waals surface area (Å²) in [5, 5.41) is 25.2. The Labute approximate surface area is 104 Å². The fraction of sp³-hybridized carbons (Fsp3) is 0. The van der Waals surface area contributed by atoms with E-state index in [9.17, 15) is 8.39 Å². The van der Waals surface area contributed by atoms with Crippen LogP contribution in [0.25, 0.3) is 0 Å². The van der Waals surface area contributed by atoms with Crippen molar-refractivity contribution in [3.8, 4) is 0 Å². The van der Waals surface area contributed by atoms with E-state index in [0.717, 1.165) is 0 Å². The summed E-state index contributed by atoms with van der Waals surface area (Å²) in [6, 6.07) is 0. The summed E-state index contributed by atoms with van der Waals surface area (Å²) < 4.78 is 28.7. The van der Waals surface area contributed by atoms with Crippen molar-refractivity contribution in [1.82, 2.24) is 0 Å². The minimum Gasteiger partial charge on any atom is -0.907 e. The number of hydrogen-bond donors (Lipinski definition) is 1. The molecular formula is HBF2Li3O5P. The second-order valence-corrected chi connectivity index (χ2v) is 1.59. The maximum Gasteiger partial charge on any atom is 1.00 e. The van der Waals surface area contributed by atoms with Crippen LogP contribution in [0.5, 0.6) is 0 Å². The third-order valence-electron chi connectivity index (χ3n) is 0. The summed E-state index contributed by atoms with van der Waals surface area (Å²) in [7, 11) is -8.56. The first-order chi connectivity index (χ1) is 3.73. The molecule has 12 heteroatoms. The van der Waals surface area contributed by atoms with Gasteiger partial charge in [-0.3, -0.25) is 12.2 Å². The zero-order chi connectivity index (χ0) is 8.08. The van der Waals surface area contributed by atoms with Gasteiger partial charge < -0.3 is 15.1 Å². The van der Waals surface area contributed by atoms with Gasteiger partial charge in [0.25, 0.3) is 0 Å². The predicted molar refractivity (Wildman–Crippen MR) is 17.8 cm³/mol. The average Bonchev–Trinajstić information content (AvgIpc) is 1.19. The molecule has 0 spiro atoms. The van der Waals surface area contributed by atoms with E-state index in [2.05, 4.69) is 0 Å². The van der Waals surface area contributed by atoms with Crippen LogP contribution in [0.15, 0.2) is 0 Å². The van der Waals surface area contributed by atoms with Gasteiger partial charge >= 0.3 is 64.6 Å². The molecule has 0 rings (SSSR count). The molecule has 0 aliphatic heterocycles. The molecule has 0 amide bonds. The second-order valence-electron chi connectivity index (χ2n) is 0.723. The topological polar surface area (TPSA) is 106 Å². The summed E-state index contributed by atoms with van der Waals surface area (Å²) >= 11 is 0. The molecule has 0 atom stereocenters. The molecule has 0 heterocycles. The molecular weight excluding hydrogens is 181 g/mol. The minimum absolute atomic E-state index is 0. The van der Waals surface area contributed by atoms with Gasteiger partial charge in [0.05, 0.1) is 0 Å². The third-order valence-corrected chi connectivity index (χ3v) is 0. The van der Waals surface area contributed by atoms with Gasteiger partial charge in [-0.25, -0.2) is 4.57 Å². The van der Waals surface area contributed by atoms with Crippen LogP contribution in [-0.2, 0) is 4.57 Å². The van der Waals surface area contributed by atoms with E-state index in [0.29, 0.717) is 0 Å². The Morgan fingerprint density at radius 3 is 1.08 bits per heavy atom. The van der Waals surface area contributed by atoms with Crippen LogP contribution in [0, 0.1) is 0 Å². The van der Waals surface area contributed by atoms with Crippen LogP contribution in [-0.4, -0.2) is 12.2 Å². The van der Waals surface area contributed by atoms with Crippen LogP contribution in [0.1, 0.15) is 0 Å². The van der Waals surface area contributed by atoms with Crippen LogP contribution in [0.4, 0.5) is 8.39 Å². The fourth-order valence-electron chi connectivity index (χ4n) is 0. The van der Waals surface area contributed by atoms with Crippen molar-refractivity contribution in [3.05, 3.63) is 0 Å². The van der Waals surface area contributed by atoms with E-state index in [1.165, 1.54) is 0 Å². The van der Waals surface area contributed by atoms with Gasteiger partial charge in [0, 0.05) is 0 Å². The zero-order valence-electron chi connectivity index (χ0n) is 6.86. The van der Waals surface area contributed by atoms with E-state index in [1.54, 1.807) is 0 Å². The summed E-state index contributed by atoms with van der Waals surface area (Å²) in [4.78, 5) is 6.74. The van der Waals surface area contributed by atoms with Crippen molar-refractivity contribution in [2.24, 2.45) is 0 Å². The number of hydrogen-bond acceptors (Lipinski definition) is 4. The predicted octanol–water partition coefficient (Wildman–Crippen LogP) is -11.9. The maximum absolute atomic E-state index is 10.1. The molecule has 0 saturated carbocycles. The van der Waals surface area contributed by atoms with Crippen LogP contribution in [0.2, 0.25) is 0 Å². The summed E-state index contributed by atoms with van der Waals surface area (Å²) in [6.45, 7) is 0. The number of rotatable bonds is 0. The average molecular weight is 182 g/mol. The van der Waals surface area contributed by atoms with Gasteiger partial charge in [0.2, 0.25) is 0 Å². The van der Waals surface area contributed by atoms with Crippen molar-refractivity contribution >= 4 is 15.3 Å². The summed E-state index contributed by atoms with van der Waals surface area (Å²) in [5.41, 5.74) is 0. The van der Waals surface area contributed by atoms with Gasteiger partial charge in [-0.2, -0.15) is 0 Å². The first kappa shape index (κ1) is 29.2. The molecule has 5 nitrogen and oxygen atoms in total. The molecule has 0 radical (unpaired) electrons. The van der Waals surface area contributed by atoms with Crippen molar-refractivity contribution < 1.29 is 89.5 Å². The molecule has 1 N–H and O–H groups in total. The first-order valence-electron chi connectivity index (χ1n) is 1.43. The Morgan fingerprint density at radius 1 is 1.08 bits per heavy atom. The standard InChI is InChI=1S/BO3.F2HO2P.3Li/c2-1(3)4;1-5(2,3)4;;;/h;(H,3,4);;;/q-3;;3*+1. The van der Waals surface area contributed by atoms with Crippen LogP contribution in [0.3, 0.4) is 0 Å². The Morgan fingerprint density at radius 2 is 1.08 bits per heavy atom. The Bertz CT molecular complexity index is 95.8. The van der Waals surface area contributed by atoms with E-state index >= 15 is 0 Å². The van der Waals surface area contributed by atoms with Gasteiger partial charge in [0.1, 0.15) is 0 Å². The van der Waals surface area contributed by atoms with Gasteiger partial charge in [-0.15, -0.1) is 8.39 Å². The van der Waals surface area contributed by atoms with Crippen molar-refractivity contribution in [3.63, 3.8) is 0 Å². The quantitative estimate of drug-likeness (QED) is 0.295. The molecule has 0 saturated heterocycles. The van der Waals surface area contributed by atoms with Crippen LogP contribution >= 0.6 is 7.99 Å². The molecule has 0 aliphatic carbocycles. The van der Waals surface area contributed by atoms with Crippen molar-refractivity contribution in [1.29, 1.82) is 0 Å². The molecule has 12 heavy (non-hydrogen) atoms. The minimum atomic E-state index is -5.64. The van der Waals surface area contributed by atoms with E-state index in [-0.39, 0.29) is 56.6 Å². The Hall–Kier alpha value is 1.79. The Kier molecular flexibility index (Phi) is 37.1. The van der Waals surface area contributed by atoms with Crippen molar-refractivity contribution in [2.75, 3.05) is 0 Å². The number of halogens is 2. The SMILES string of the molecule is O=P(O)(F)F.[Li+].[Li+].[Li+].[O-]B([O-])[O-].